The number of hydrogen-bond acceptors (Lipinski definition) is 4. The molecular weight excluding hydrogens is 428 g/mol. The van der Waals surface area contributed by atoms with Gasteiger partial charge >= 0.3 is 0 Å². The van der Waals surface area contributed by atoms with E-state index in [1.807, 2.05) is 0 Å². The van der Waals surface area contributed by atoms with Gasteiger partial charge in [0.2, 0.25) is 0 Å². The lowest BCUT2D eigenvalue weighted by molar-refractivity contribution is 0.548. The first kappa shape index (κ1) is 25.8. The molecule has 0 heterocycles. The summed E-state index contributed by atoms with van der Waals surface area (Å²) in [6, 6.07) is 20.4. The van der Waals surface area contributed by atoms with Crippen LogP contribution in [0.1, 0.15) is 44.6 Å². The van der Waals surface area contributed by atoms with E-state index in [1.54, 1.807) is 0 Å². The molecule has 0 bridgehead atoms. The van der Waals surface area contributed by atoms with Gasteiger partial charge < -0.3 is 21.3 Å². The van der Waals surface area contributed by atoms with Crippen molar-refractivity contribution in [3.63, 3.8) is 0 Å². The van der Waals surface area contributed by atoms with E-state index in [2.05, 4.69) is 82.8 Å². The molecule has 4 aromatic rings. The summed E-state index contributed by atoms with van der Waals surface area (Å²) in [5.41, 5.74) is 1.50. The van der Waals surface area contributed by atoms with Crippen LogP contribution in [0.4, 0.5) is 0 Å². The average molecular weight is 473 g/mol. The second-order valence-electron chi connectivity index (χ2n) is 9.71. The highest BCUT2D eigenvalue weighted by Crippen LogP contribution is 2.36. The number of aryl methyl sites for hydroxylation is 1. The van der Waals surface area contributed by atoms with Gasteiger partial charge in [0.05, 0.1) is 0 Å². The summed E-state index contributed by atoms with van der Waals surface area (Å²) in [5, 5.41) is 22.5. The van der Waals surface area contributed by atoms with Crippen LogP contribution in [0, 0.1) is 0 Å². The van der Waals surface area contributed by atoms with Crippen molar-refractivity contribution in [3.8, 4) is 0 Å². The van der Waals surface area contributed by atoms with Gasteiger partial charge in [-0.15, -0.1) is 0 Å². The summed E-state index contributed by atoms with van der Waals surface area (Å²) in [6.07, 6.45) is 7.22. The van der Waals surface area contributed by atoms with Gasteiger partial charge in [0.15, 0.2) is 0 Å². The standard InChI is InChI=1S/C31H44N4/c1-2-32-18-7-19-34-22-9-23-35-21-8-20-33-17-4-3-10-27-24-28-13-5-11-25-15-16-26-12-6-14-29(27)31(26)30(25)28/h5-6,11-16,24,32-35H,2-4,7-10,17-23H2,1H3. The number of nitrogens with one attached hydrogen (secondary N) is 4. The van der Waals surface area contributed by atoms with Crippen molar-refractivity contribution in [2.45, 2.75) is 45.4 Å². The molecule has 4 heteroatoms. The van der Waals surface area contributed by atoms with Gasteiger partial charge in [-0.05, 0) is 129 Å². The molecule has 4 N–H and O–H groups in total. The Morgan fingerprint density at radius 1 is 0.514 bits per heavy atom. The zero-order chi connectivity index (χ0) is 24.1. The Morgan fingerprint density at radius 3 is 1.71 bits per heavy atom. The molecule has 0 amide bonds. The van der Waals surface area contributed by atoms with Crippen LogP contribution in [-0.4, -0.2) is 52.4 Å². The van der Waals surface area contributed by atoms with Crippen molar-refractivity contribution in [2.75, 3.05) is 52.4 Å². The molecule has 0 radical (unpaired) electrons. The molecule has 0 unspecified atom stereocenters. The van der Waals surface area contributed by atoms with E-state index in [4.69, 9.17) is 0 Å². The van der Waals surface area contributed by atoms with Crippen LogP contribution < -0.4 is 21.3 Å². The molecule has 4 nitrogen and oxygen atoms in total. The van der Waals surface area contributed by atoms with Crippen molar-refractivity contribution in [3.05, 3.63) is 60.2 Å². The van der Waals surface area contributed by atoms with E-state index in [-0.39, 0.29) is 0 Å². The summed E-state index contributed by atoms with van der Waals surface area (Å²) in [7, 11) is 0. The van der Waals surface area contributed by atoms with E-state index in [1.165, 1.54) is 70.0 Å². The third-order valence-corrected chi connectivity index (χ3v) is 7.01. The van der Waals surface area contributed by atoms with Crippen molar-refractivity contribution >= 4 is 32.3 Å². The topological polar surface area (TPSA) is 48.1 Å². The Balaban J connectivity index is 1.08. The largest absolute Gasteiger partial charge is 0.317 e. The molecule has 188 valence electrons. The Kier molecular flexibility index (Phi) is 10.6. The molecule has 0 spiro atoms. The van der Waals surface area contributed by atoms with Crippen LogP contribution in [0.25, 0.3) is 32.3 Å². The first-order valence-corrected chi connectivity index (χ1v) is 13.9. The second-order valence-corrected chi connectivity index (χ2v) is 9.71. The van der Waals surface area contributed by atoms with Crippen molar-refractivity contribution < 1.29 is 0 Å². The average Bonchev–Trinajstić information content (AvgIpc) is 2.89. The van der Waals surface area contributed by atoms with Crippen molar-refractivity contribution in [1.82, 2.24) is 21.3 Å². The van der Waals surface area contributed by atoms with Gasteiger partial charge in [-0.1, -0.05) is 61.5 Å². The highest BCUT2D eigenvalue weighted by Gasteiger charge is 2.11. The third kappa shape index (κ3) is 7.37. The smallest absolute Gasteiger partial charge is 0.00240 e. The fourth-order valence-corrected chi connectivity index (χ4v) is 5.18. The minimum Gasteiger partial charge on any atom is -0.317 e. The van der Waals surface area contributed by atoms with Crippen LogP contribution in [0.3, 0.4) is 0 Å². The monoisotopic (exact) mass is 472 g/mol. The molecule has 0 aliphatic rings. The summed E-state index contributed by atoms with van der Waals surface area (Å²) in [4.78, 5) is 0. The van der Waals surface area contributed by atoms with Crippen LogP contribution in [-0.2, 0) is 6.42 Å². The fraction of sp³-hybridized carbons (Fsp3) is 0.484. The van der Waals surface area contributed by atoms with Crippen LogP contribution in [0.15, 0.2) is 54.6 Å². The van der Waals surface area contributed by atoms with E-state index >= 15 is 0 Å². The molecule has 0 saturated carbocycles. The minimum absolute atomic E-state index is 1.07. The summed E-state index contributed by atoms with van der Waals surface area (Å²) >= 11 is 0. The van der Waals surface area contributed by atoms with E-state index in [0.717, 1.165) is 58.8 Å². The van der Waals surface area contributed by atoms with Crippen LogP contribution >= 0.6 is 0 Å². The molecular formula is C31H44N4. The second kappa shape index (κ2) is 14.4. The molecule has 0 atom stereocenters. The maximum Gasteiger partial charge on any atom is -0.00240 e. The lowest BCUT2D eigenvalue weighted by Crippen LogP contribution is -2.27. The van der Waals surface area contributed by atoms with Gasteiger partial charge in [0, 0.05) is 0 Å². The number of benzene rings is 4. The number of hydrogen-bond donors (Lipinski definition) is 4. The van der Waals surface area contributed by atoms with E-state index in [9.17, 15) is 0 Å². The SMILES string of the molecule is CCNCCCNCCCNCCCNCCCCc1cc2cccc3ccc4cccc1c4c32. The quantitative estimate of drug-likeness (QED) is 0.115. The van der Waals surface area contributed by atoms with Crippen LogP contribution in [0.2, 0.25) is 0 Å². The first-order valence-electron chi connectivity index (χ1n) is 13.9. The molecule has 4 rings (SSSR count). The maximum absolute atomic E-state index is 3.63. The van der Waals surface area contributed by atoms with Crippen molar-refractivity contribution in [1.29, 1.82) is 0 Å². The lowest BCUT2D eigenvalue weighted by Gasteiger charge is -2.14. The highest BCUT2D eigenvalue weighted by molar-refractivity contribution is 6.23. The molecule has 0 fully saturated rings. The third-order valence-electron chi connectivity index (χ3n) is 7.01. The van der Waals surface area contributed by atoms with E-state index in [0.29, 0.717) is 0 Å². The summed E-state index contributed by atoms with van der Waals surface area (Å²) < 4.78 is 0. The van der Waals surface area contributed by atoms with Crippen molar-refractivity contribution in [2.24, 2.45) is 0 Å². The zero-order valence-electron chi connectivity index (χ0n) is 21.6. The highest BCUT2D eigenvalue weighted by atomic mass is 14.9. The van der Waals surface area contributed by atoms with E-state index < -0.39 is 0 Å². The Bertz CT molecular complexity index is 1140. The van der Waals surface area contributed by atoms with Gasteiger partial charge in [-0.2, -0.15) is 0 Å². The molecule has 0 saturated heterocycles. The molecule has 4 aromatic carbocycles. The predicted octanol–water partition coefficient (Wildman–Crippen LogP) is 5.46. The first-order chi connectivity index (χ1) is 17.4. The summed E-state index contributed by atoms with van der Waals surface area (Å²) in [6.45, 7) is 11.0. The normalized spacial score (nSPS) is 11.9. The lowest BCUT2D eigenvalue weighted by atomic mass is 9.90. The fourth-order valence-electron chi connectivity index (χ4n) is 5.18. The predicted molar refractivity (Wildman–Crippen MR) is 154 cm³/mol. The number of unbranched alkanes of at least 4 members (excludes halogenated alkanes) is 1. The molecule has 0 aliphatic carbocycles. The van der Waals surface area contributed by atoms with Gasteiger partial charge in [0.1, 0.15) is 0 Å². The molecule has 35 heavy (non-hydrogen) atoms. The molecule has 0 aromatic heterocycles. The Morgan fingerprint density at radius 2 is 1.06 bits per heavy atom. The Labute approximate surface area is 211 Å². The Hall–Kier alpha value is -2.24. The molecule has 0 aliphatic heterocycles. The van der Waals surface area contributed by atoms with Gasteiger partial charge in [0.25, 0.3) is 0 Å². The number of rotatable bonds is 18. The van der Waals surface area contributed by atoms with Crippen LogP contribution in [0.5, 0.6) is 0 Å². The van der Waals surface area contributed by atoms with Gasteiger partial charge in [-0.3, -0.25) is 0 Å². The van der Waals surface area contributed by atoms with Gasteiger partial charge in [-0.25, -0.2) is 0 Å². The summed E-state index contributed by atoms with van der Waals surface area (Å²) in [5.74, 6) is 0. The maximum atomic E-state index is 3.63. The zero-order valence-corrected chi connectivity index (χ0v) is 21.6. The minimum atomic E-state index is 1.07.